The summed E-state index contributed by atoms with van der Waals surface area (Å²) < 4.78 is 44.0. The predicted octanol–water partition coefficient (Wildman–Crippen LogP) is 2.27. The fourth-order valence-corrected chi connectivity index (χ4v) is 1.03. The third-order valence-electron chi connectivity index (χ3n) is 1.81. The fraction of sp³-hybridized carbons (Fsp3) is 0.625. The van der Waals surface area contributed by atoms with Crippen LogP contribution in [0.5, 0.6) is 0 Å². The molecule has 1 aromatic rings. The van der Waals surface area contributed by atoms with Gasteiger partial charge >= 0.3 is 7.25 Å². The van der Waals surface area contributed by atoms with Crippen LogP contribution in [-0.2, 0) is 4.74 Å². The van der Waals surface area contributed by atoms with Gasteiger partial charge in [-0.05, 0) is 6.42 Å². The van der Waals surface area contributed by atoms with E-state index in [0.29, 0.717) is 5.92 Å². The van der Waals surface area contributed by atoms with Gasteiger partial charge in [-0.3, -0.25) is 0 Å². The summed E-state index contributed by atoms with van der Waals surface area (Å²) in [5, 5.41) is 0. The largest absolute Gasteiger partial charge is 0.673 e. The van der Waals surface area contributed by atoms with Gasteiger partial charge in [0.15, 0.2) is 0 Å². The zero-order chi connectivity index (χ0) is 12.6. The van der Waals surface area contributed by atoms with Crippen molar-refractivity contribution in [2.45, 2.75) is 19.3 Å². The Morgan fingerprint density at radius 1 is 1.44 bits per heavy atom. The van der Waals surface area contributed by atoms with Gasteiger partial charge in [0, 0.05) is 13.7 Å². The monoisotopic (exact) mass is 242 g/mol. The molecule has 0 amide bonds. The summed E-state index contributed by atoms with van der Waals surface area (Å²) in [6, 6.07) is 0. The molecule has 1 aromatic heterocycles. The van der Waals surface area contributed by atoms with Crippen molar-refractivity contribution in [2.24, 2.45) is 0 Å². The number of methoxy groups -OCH3 is 1. The third kappa shape index (κ3) is 9.51. The molecular formula is C8H15BF4N2O. The molecule has 0 bridgehead atoms. The van der Waals surface area contributed by atoms with E-state index in [1.807, 2.05) is 12.4 Å². The third-order valence-corrected chi connectivity index (χ3v) is 1.81. The molecule has 3 nitrogen and oxygen atoms in total. The molecule has 0 radical (unpaired) electrons. The number of aromatic nitrogens is 2. The number of nitrogens with one attached hydrogen (secondary N) is 2. The summed E-state index contributed by atoms with van der Waals surface area (Å²) in [5.41, 5.74) is 0. The molecule has 0 aliphatic rings. The molecule has 16 heavy (non-hydrogen) atoms. The number of aromatic amines is 2. The molecule has 1 rings (SSSR count). The van der Waals surface area contributed by atoms with Crippen LogP contribution >= 0.6 is 0 Å². The lowest BCUT2D eigenvalue weighted by Gasteiger charge is -2.02. The zero-order valence-electron chi connectivity index (χ0n) is 9.14. The normalized spacial score (nSPS) is 12.9. The SMILES string of the molecule is COCCC(C)c1[nH]cc[nH+]1.F[B-](F)(F)F. The molecule has 0 saturated carbocycles. The van der Waals surface area contributed by atoms with E-state index in [1.165, 1.54) is 5.82 Å². The van der Waals surface area contributed by atoms with Gasteiger partial charge in [0.25, 0.3) is 5.82 Å². The molecular weight excluding hydrogens is 227 g/mol. The summed E-state index contributed by atoms with van der Waals surface area (Å²) in [5.74, 6) is 1.69. The van der Waals surface area contributed by atoms with E-state index < -0.39 is 7.25 Å². The summed E-state index contributed by atoms with van der Waals surface area (Å²) in [6.07, 6.45) is 4.85. The van der Waals surface area contributed by atoms with Crippen LogP contribution in [0.1, 0.15) is 25.1 Å². The minimum atomic E-state index is -6.00. The minimum absolute atomic E-state index is 0.518. The Morgan fingerprint density at radius 3 is 2.38 bits per heavy atom. The number of hydrogen-bond acceptors (Lipinski definition) is 1. The minimum Gasteiger partial charge on any atom is -0.418 e. The fourth-order valence-electron chi connectivity index (χ4n) is 1.03. The number of imidazole rings is 1. The summed E-state index contributed by atoms with van der Waals surface area (Å²) in [4.78, 5) is 6.27. The molecule has 8 heteroatoms. The Bertz CT molecular complexity index is 260. The molecule has 2 N–H and O–H groups in total. The first-order chi connectivity index (χ1) is 7.34. The molecule has 0 aromatic carbocycles. The highest BCUT2D eigenvalue weighted by molar-refractivity contribution is 6.50. The van der Waals surface area contributed by atoms with Crippen molar-refractivity contribution in [1.29, 1.82) is 0 Å². The maximum absolute atomic E-state index is 9.75. The van der Waals surface area contributed by atoms with E-state index in [2.05, 4.69) is 16.9 Å². The maximum Gasteiger partial charge on any atom is 0.673 e. The zero-order valence-corrected chi connectivity index (χ0v) is 9.14. The van der Waals surface area contributed by atoms with E-state index >= 15 is 0 Å². The average Bonchev–Trinajstić information content (AvgIpc) is 2.64. The standard InChI is InChI=1S/C8H14N2O.BF4/c1-7(3-6-11-2)8-9-4-5-10-8;2-1(3,4)5/h4-5,7H,3,6H2,1-2H3,(H,9,10);/q;-1/p+1. The quantitative estimate of drug-likeness (QED) is 0.638. The first kappa shape index (κ1) is 15.0. The van der Waals surface area contributed by atoms with Crippen molar-refractivity contribution in [3.05, 3.63) is 18.2 Å². The van der Waals surface area contributed by atoms with E-state index in [9.17, 15) is 17.3 Å². The first-order valence-corrected chi connectivity index (χ1v) is 4.75. The van der Waals surface area contributed by atoms with E-state index in [0.717, 1.165) is 13.0 Å². The van der Waals surface area contributed by atoms with Crippen molar-refractivity contribution in [3.63, 3.8) is 0 Å². The molecule has 1 unspecified atom stereocenters. The smallest absolute Gasteiger partial charge is 0.418 e. The molecule has 1 atom stereocenters. The second-order valence-electron chi connectivity index (χ2n) is 3.21. The number of rotatable bonds is 4. The highest BCUT2D eigenvalue weighted by atomic mass is 19.5. The van der Waals surface area contributed by atoms with Crippen LogP contribution in [-0.4, -0.2) is 26.0 Å². The lowest BCUT2D eigenvalue weighted by atomic mass is 10.1. The van der Waals surface area contributed by atoms with Crippen LogP contribution in [0, 0.1) is 0 Å². The van der Waals surface area contributed by atoms with Gasteiger partial charge < -0.3 is 22.0 Å². The van der Waals surface area contributed by atoms with Crippen molar-refractivity contribution in [3.8, 4) is 0 Å². The Balaban J connectivity index is 0.000000385. The van der Waals surface area contributed by atoms with Crippen LogP contribution in [0.3, 0.4) is 0 Å². The second kappa shape index (κ2) is 7.26. The van der Waals surface area contributed by atoms with Crippen LogP contribution < -0.4 is 4.98 Å². The molecule has 1 heterocycles. The van der Waals surface area contributed by atoms with E-state index in [-0.39, 0.29) is 0 Å². The lowest BCUT2D eigenvalue weighted by Crippen LogP contribution is -2.11. The number of ether oxygens (including phenoxy) is 1. The van der Waals surface area contributed by atoms with E-state index in [1.54, 1.807) is 7.11 Å². The van der Waals surface area contributed by atoms with Crippen LogP contribution in [0.4, 0.5) is 17.3 Å². The molecule has 0 fully saturated rings. The Morgan fingerprint density at radius 2 is 2.00 bits per heavy atom. The number of halogens is 4. The highest BCUT2D eigenvalue weighted by Gasteiger charge is 2.20. The van der Waals surface area contributed by atoms with Gasteiger partial charge in [-0.25, -0.2) is 9.97 Å². The molecule has 0 aliphatic carbocycles. The Labute approximate surface area is 91.3 Å². The number of hydrogen-bond donors (Lipinski definition) is 1. The summed E-state index contributed by atoms with van der Waals surface area (Å²) in [7, 11) is -4.27. The van der Waals surface area contributed by atoms with Crippen molar-refractivity contribution in [1.82, 2.24) is 4.98 Å². The van der Waals surface area contributed by atoms with Crippen LogP contribution in [0.15, 0.2) is 12.4 Å². The lowest BCUT2D eigenvalue weighted by molar-refractivity contribution is -0.391. The van der Waals surface area contributed by atoms with Gasteiger partial charge in [-0.15, -0.1) is 0 Å². The second-order valence-corrected chi connectivity index (χ2v) is 3.21. The van der Waals surface area contributed by atoms with Gasteiger partial charge in [-0.2, -0.15) is 0 Å². The van der Waals surface area contributed by atoms with Crippen molar-refractivity contribution in [2.75, 3.05) is 13.7 Å². The van der Waals surface area contributed by atoms with Gasteiger partial charge in [0.2, 0.25) is 0 Å². The van der Waals surface area contributed by atoms with Crippen LogP contribution in [0.2, 0.25) is 0 Å². The molecule has 94 valence electrons. The summed E-state index contributed by atoms with van der Waals surface area (Å²) >= 11 is 0. The average molecular weight is 242 g/mol. The highest BCUT2D eigenvalue weighted by Crippen LogP contribution is 2.10. The Kier molecular flexibility index (Phi) is 6.79. The van der Waals surface area contributed by atoms with Crippen molar-refractivity contribution < 1.29 is 27.0 Å². The van der Waals surface area contributed by atoms with Crippen molar-refractivity contribution >= 4 is 7.25 Å². The first-order valence-electron chi connectivity index (χ1n) is 4.75. The Hall–Kier alpha value is -1.05. The summed E-state index contributed by atoms with van der Waals surface area (Å²) in [6.45, 7) is 2.98. The van der Waals surface area contributed by atoms with E-state index in [4.69, 9.17) is 4.74 Å². The topological polar surface area (TPSA) is 39.2 Å². The molecule has 0 saturated heterocycles. The van der Waals surface area contributed by atoms with Gasteiger partial charge in [0.1, 0.15) is 12.4 Å². The molecule has 0 spiro atoms. The maximum atomic E-state index is 9.75. The number of H-pyrrole nitrogens is 2. The van der Waals surface area contributed by atoms with Gasteiger partial charge in [-0.1, -0.05) is 6.92 Å². The van der Waals surface area contributed by atoms with Gasteiger partial charge in [0.05, 0.1) is 5.92 Å². The van der Waals surface area contributed by atoms with Crippen LogP contribution in [0.25, 0.3) is 0 Å². The predicted molar refractivity (Wildman–Crippen MR) is 52.4 cm³/mol. The molecule has 0 aliphatic heterocycles.